The Hall–Kier alpha value is -0.400. The average molecular weight is 186 g/mol. The predicted molar refractivity (Wildman–Crippen MR) is 53.6 cm³/mol. The van der Waals surface area contributed by atoms with E-state index in [1.165, 1.54) is 0 Å². The van der Waals surface area contributed by atoms with Gasteiger partial charge in [0.05, 0.1) is 23.4 Å². The van der Waals surface area contributed by atoms with Crippen LogP contribution in [0.25, 0.3) is 0 Å². The van der Waals surface area contributed by atoms with Crippen molar-refractivity contribution >= 4 is 34.8 Å². The van der Waals surface area contributed by atoms with Crippen LogP contribution in [-0.4, -0.2) is 23.4 Å². The molecule has 0 radical (unpaired) electrons. The number of hydrogen-bond donors (Lipinski definition) is 0. The topological polar surface area (TPSA) is 24.7 Å². The molecule has 0 unspecified atom stereocenters. The second-order valence-corrected chi connectivity index (χ2v) is 2.50. The molecule has 0 aliphatic rings. The maximum atomic E-state index is 4.45. The summed E-state index contributed by atoms with van der Waals surface area (Å²) in [6, 6.07) is 0. The molecule has 0 amide bonds. The second-order valence-electron chi connectivity index (χ2n) is 2.14. The molecular formula is C7H10N2S2. The van der Waals surface area contributed by atoms with Gasteiger partial charge in [-0.05, 0) is 36.8 Å². The fourth-order valence-electron chi connectivity index (χ4n) is 0.649. The Bertz CT molecular complexity index is 171. The summed E-state index contributed by atoms with van der Waals surface area (Å²) in [5.41, 5.74) is 0. The van der Waals surface area contributed by atoms with E-state index in [4.69, 9.17) is 0 Å². The van der Waals surface area contributed by atoms with Crippen LogP contribution in [0.2, 0.25) is 0 Å². The lowest BCUT2D eigenvalue weighted by Crippen LogP contribution is -2.06. The summed E-state index contributed by atoms with van der Waals surface area (Å²) in [5, 5.41) is 4.66. The summed E-state index contributed by atoms with van der Waals surface area (Å²) < 4.78 is 0. The normalized spacial score (nSPS) is 11.0. The van der Waals surface area contributed by atoms with Crippen molar-refractivity contribution in [3.8, 4) is 0 Å². The van der Waals surface area contributed by atoms with Gasteiger partial charge in [-0.25, -0.2) is 9.98 Å². The summed E-state index contributed by atoms with van der Waals surface area (Å²) in [4.78, 5) is 7.68. The molecule has 2 nitrogen and oxygen atoms in total. The van der Waals surface area contributed by atoms with Crippen molar-refractivity contribution in [3.05, 3.63) is 0 Å². The average Bonchev–Trinajstić information content (AvgIpc) is 2.05. The van der Waals surface area contributed by atoms with Crippen molar-refractivity contribution in [2.45, 2.75) is 13.3 Å². The van der Waals surface area contributed by atoms with E-state index in [-0.39, 0.29) is 0 Å². The molecule has 60 valence electrons. The number of rotatable bonds is 5. The number of thiocarbonyl (C=S) groups is 2. The van der Waals surface area contributed by atoms with Gasteiger partial charge in [0.15, 0.2) is 0 Å². The molecule has 0 atom stereocenters. The SMILES string of the molecule is CCC(CN=C=S)CN=C=S. The number of isothiocyanates is 2. The highest BCUT2D eigenvalue weighted by atomic mass is 32.1. The lowest BCUT2D eigenvalue weighted by molar-refractivity contribution is 0.538. The van der Waals surface area contributed by atoms with Crippen LogP contribution >= 0.6 is 24.4 Å². The molecule has 0 fully saturated rings. The van der Waals surface area contributed by atoms with E-state index in [0.717, 1.165) is 6.42 Å². The van der Waals surface area contributed by atoms with E-state index in [9.17, 15) is 0 Å². The molecule has 0 aliphatic carbocycles. The molecule has 0 spiro atoms. The molecule has 0 aromatic rings. The number of aliphatic imine (C=N–C) groups is 2. The summed E-state index contributed by atoms with van der Waals surface area (Å²) >= 11 is 8.89. The van der Waals surface area contributed by atoms with Gasteiger partial charge in [-0.3, -0.25) is 0 Å². The Morgan fingerprint density at radius 3 is 1.91 bits per heavy atom. The molecule has 0 N–H and O–H groups in total. The number of nitrogens with zero attached hydrogens (tertiary/aromatic N) is 2. The zero-order chi connectivity index (χ0) is 8.53. The van der Waals surface area contributed by atoms with Crippen LogP contribution in [0.15, 0.2) is 9.98 Å². The third kappa shape index (κ3) is 6.02. The molecule has 0 aromatic carbocycles. The first-order valence-corrected chi connectivity index (χ1v) is 4.24. The van der Waals surface area contributed by atoms with Gasteiger partial charge in [-0.1, -0.05) is 6.92 Å². The van der Waals surface area contributed by atoms with E-state index in [1.807, 2.05) is 0 Å². The van der Waals surface area contributed by atoms with Gasteiger partial charge < -0.3 is 0 Å². The molecule has 11 heavy (non-hydrogen) atoms. The summed E-state index contributed by atoms with van der Waals surface area (Å²) in [5.74, 6) is 0.431. The molecule has 0 saturated carbocycles. The van der Waals surface area contributed by atoms with Crippen LogP contribution in [0, 0.1) is 5.92 Å². The minimum atomic E-state index is 0.431. The van der Waals surface area contributed by atoms with E-state index in [1.54, 1.807) is 0 Å². The Morgan fingerprint density at radius 2 is 1.64 bits per heavy atom. The van der Waals surface area contributed by atoms with Crippen molar-refractivity contribution in [1.82, 2.24) is 0 Å². The zero-order valence-electron chi connectivity index (χ0n) is 6.41. The highest BCUT2D eigenvalue weighted by Crippen LogP contribution is 2.02. The Labute approximate surface area is 77.4 Å². The summed E-state index contributed by atoms with van der Waals surface area (Å²) in [6.07, 6.45) is 1.03. The van der Waals surface area contributed by atoms with Gasteiger partial charge in [-0.15, -0.1) is 0 Å². The van der Waals surface area contributed by atoms with Gasteiger partial charge in [0, 0.05) is 0 Å². The highest BCUT2D eigenvalue weighted by Gasteiger charge is 2.02. The first-order chi connectivity index (χ1) is 5.35. The van der Waals surface area contributed by atoms with E-state index >= 15 is 0 Å². The fourth-order valence-corrected chi connectivity index (χ4v) is 0.798. The van der Waals surface area contributed by atoms with Crippen molar-refractivity contribution in [2.24, 2.45) is 15.9 Å². The Kier molecular flexibility index (Phi) is 7.42. The predicted octanol–water partition coefficient (Wildman–Crippen LogP) is 2.22. The lowest BCUT2D eigenvalue weighted by atomic mass is 10.1. The van der Waals surface area contributed by atoms with E-state index in [2.05, 4.69) is 51.7 Å². The van der Waals surface area contributed by atoms with Crippen molar-refractivity contribution in [1.29, 1.82) is 0 Å². The smallest absolute Gasteiger partial charge is 0.0585 e. The van der Waals surface area contributed by atoms with Crippen molar-refractivity contribution < 1.29 is 0 Å². The molecule has 0 aliphatic heterocycles. The van der Waals surface area contributed by atoms with Crippen LogP contribution in [0.1, 0.15) is 13.3 Å². The molecule has 4 heteroatoms. The van der Waals surface area contributed by atoms with Gasteiger partial charge in [-0.2, -0.15) is 0 Å². The van der Waals surface area contributed by atoms with Crippen LogP contribution < -0.4 is 0 Å². The maximum Gasteiger partial charge on any atom is 0.0585 e. The van der Waals surface area contributed by atoms with Crippen molar-refractivity contribution in [2.75, 3.05) is 13.1 Å². The molecule has 0 saturated heterocycles. The monoisotopic (exact) mass is 186 g/mol. The van der Waals surface area contributed by atoms with E-state index in [0.29, 0.717) is 19.0 Å². The summed E-state index contributed by atoms with van der Waals surface area (Å²) in [7, 11) is 0. The largest absolute Gasteiger partial charge is 0.232 e. The molecule has 0 rings (SSSR count). The Morgan fingerprint density at radius 1 is 1.18 bits per heavy atom. The van der Waals surface area contributed by atoms with Crippen LogP contribution in [-0.2, 0) is 0 Å². The van der Waals surface area contributed by atoms with Gasteiger partial charge in [0.25, 0.3) is 0 Å². The fraction of sp³-hybridized carbons (Fsp3) is 0.714. The maximum absolute atomic E-state index is 4.45. The zero-order valence-corrected chi connectivity index (χ0v) is 8.04. The van der Waals surface area contributed by atoms with Crippen LogP contribution in [0.4, 0.5) is 0 Å². The molecule has 0 bridgehead atoms. The standard InChI is InChI=1S/C7H10N2S2/c1-2-7(3-8-5-10)4-9-6-11/h7H,2-4H2,1H3. The van der Waals surface area contributed by atoms with Crippen molar-refractivity contribution in [3.63, 3.8) is 0 Å². The van der Waals surface area contributed by atoms with Crippen LogP contribution in [0.3, 0.4) is 0 Å². The number of hydrogen-bond acceptors (Lipinski definition) is 4. The minimum absolute atomic E-state index is 0.431. The molecule has 0 heterocycles. The highest BCUT2D eigenvalue weighted by molar-refractivity contribution is 7.78. The van der Waals surface area contributed by atoms with Gasteiger partial charge in [0.1, 0.15) is 0 Å². The third-order valence-corrected chi connectivity index (χ3v) is 1.66. The molecule has 0 aromatic heterocycles. The second kappa shape index (κ2) is 7.70. The minimum Gasteiger partial charge on any atom is -0.232 e. The first kappa shape index (κ1) is 10.6. The van der Waals surface area contributed by atoms with Gasteiger partial charge >= 0.3 is 0 Å². The van der Waals surface area contributed by atoms with Crippen LogP contribution in [0.5, 0.6) is 0 Å². The molecular weight excluding hydrogens is 176 g/mol. The van der Waals surface area contributed by atoms with Gasteiger partial charge in [0.2, 0.25) is 0 Å². The Balaban J connectivity index is 3.74. The lowest BCUT2D eigenvalue weighted by Gasteiger charge is -2.05. The third-order valence-electron chi connectivity index (χ3n) is 1.41. The quantitative estimate of drug-likeness (QED) is 0.486. The first-order valence-electron chi connectivity index (χ1n) is 3.42. The summed E-state index contributed by atoms with van der Waals surface area (Å²) in [6.45, 7) is 3.48. The van der Waals surface area contributed by atoms with E-state index < -0.39 is 0 Å².